The van der Waals surface area contributed by atoms with Crippen molar-refractivity contribution in [1.82, 2.24) is 10.6 Å². The fraction of sp³-hybridized carbons (Fsp3) is 0.467. The van der Waals surface area contributed by atoms with Gasteiger partial charge in [-0.3, -0.25) is 9.59 Å². The molecule has 1 rings (SSSR count). The van der Waals surface area contributed by atoms with Gasteiger partial charge in [-0.25, -0.2) is 0 Å². The van der Waals surface area contributed by atoms with Gasteiger partial charge in [-0.05, 0) is 17.5 Å². The number of carboxylic acid groups (broad SMARTS) is 1. The average molecular weight is 278 g/mol. The zero-order valence-electron chi connectivity index (χ0n) is 11.8. The number of carbonyl (C=O) groups excluding carboxylic acids is 1. The van der Waals surface area contributed by atoms with Crippen LogP contribution >= 0.6 is 0 Å². The molecule has 0 fully saturated rings. The molecule has 0 aliphatic carbocycles. The first-order chi connectivity index (χ1) is 9.63. The van der Waals surface area contributed by atoms with E-state index in [2.05, 4.69) is 10.6 Å². The molecule has 3 N–H and O–H groups in total. The molecule has 0 heterocycles. The molecule has 0 aliphatic rings. The molecule has 0 aromatic heterocycles. The molecular weight excluding hydrogens is 256 g/mol. The summed E-state index contributed by atoms with van der Waals surface area (Å²) < 4.78 is 0. The van der Waals surface area contributed by atoms with Gasteiger partial charge in [0.1, 0.15) is 0 Å². The lowest BCUT2D eigenvalue weighted by Crippen LogP contribution is -2.28. The second-order valence-corrected chi connectivity index (χ2v) is 4.62. The second-order valence-electron chi connectivity index (χ2n) is 4.62. The van der Waals surface area contributed by atoms with Crippen molar-refractivity contribution in [2.75, 3.05) is 13.1 Å². The van der Waals surface area contributed by atoms with Crippen molar-refractivity contribution in [2.45, 2.75) is 32.7 Å². The van der Waals surface area contributed by atoms with Crippen LogP contribution in [0.4, 0.5) is 0 Å². The molecule has 0 spiro atoms. The highest BCUT2D eigenvalue weighted by atomic mass is 16.4. The molecule has 0 aliphatic heterocycles. The Morgan fingerprint density at radius 3 is 2.50 bits per heavy atom. The zero-order valence-corrected chi connectivity index (χ0v) is 11.8. The number of benzene rings is 1. The van der Waals surface area contributed by atoms with Gasteiger partial charge < -0.3 is 15.7 Å². The molecule has 0 unspecified atom stereocenters. The smallest absolute Gasteiger partial charge is 0.307 e. The quantitative estimate of drug-likeness (QED) is 0.595. The third-order valence-electron chi connectivity index (χ3n) is 2.88. The highest BCUT2D eigenvalue weighted by molar-refractivity contribution is 5.76. The maximum Gasteiger partial charge on any atom is 0.307 e. The Morgan fingerprint density at radius 1 is 1.15 bits per heavy atom. The Hall–Kier alpha value is -1.88. The van der Waals surface area contributed by atoms with Crippen LogP contribution < -0.4 is 10.6 Å². The molecule has 0 saturated carbocycles. The molecule has 0 bridgehead atoms. The standard InChI is InChI=1S/C15H22N2O3/c1-2-8-17-14(18)7-9-16-11-13-6-4-3-5-12(13)10-15(19)20/h3-6,16H,2,7-11H2,1H3,(H,17,18)(H,19,20). The molecule has 0 atom stereocenters. The van der Waals surface area contributed by atoms with Crippen molar-refractivity contribution >= 4 is 11.9 Å². The van der Waals surface area contributed by atoms with E-state index in [0.717, 1.165) is 17.5 Å². The summed E-state index contributed by atoms with van der Waals surface area (Å²) in [5.74, 6) is -0.797. The number of aliphatic carboxylic acids is 1. The monoisotopic (exact) mass is 278 g/mol. The van der Waals surface area contributed by atoms with Crippen LogP contribution in [0.25, 0.3) is 0 Å². The lowest BCUT2D eigenvalue weighted by atomic mass is 10.0. The van der Waals surface area contributed by atoms with Gasteiger partial charge in [-0.1, -0.05) is 31.2 Å². The Morgan fingerprint density at radius 2 is 1.85 bits per heavy atom. The minimum absolute atomic E-state index is 0.0227. The molecule has 1 amide bonds. The van der Waals surface area contributed by atoms with Crippen molar-refractivity contribution in [3.63, 3.8) is 0 Å². The van der Waals surface area contributed by atoms with Crippen LogP contribution in [0.1, 0.15) is 30.9 Å². The fourth-order valence-electron chi connectivity index (χ4n) is 1.84. The summed E-state index contributed by atoms with van der Waals surface area (Å²) in [6.45, 7) is 3.87. The van der Waals surface area contributed by atoms with Gasteiger partial charge in [0.25, 0.3) is 0 Å². The van der Waals surface area contributed by atoms with Gasteiger partial charge >= 0.3 is 5.97 Å². The summed E-state index contributed by atoms with van der Waals surface area (Å²) in [6, 6.07) is 7.44. The number of hydrogen-bond donors (Lipinski definition) is 3. The first-order valence-corrected chi connectivity index (χ1v) is 6.89. The lowest BCUT2D eigenvalue weighted by molar-refractivity contribution is -0.136. The molecule has 110 valence electrons. The van der Waals surface area contributed by atoms with Crippen molar-refractivity contribution in [3.8, 4) is 0 Å². The summed E-state index contributed by atoms with van der Waals surface area (Å²) in [5, 5.41) is 14.8. The maximum absolute atomic E-state index is 11.4. The van der Waals surface area contributed by atoms with Crippen LogP contribution in [0.2, 0.25) is 0 Å². The highest BCUT2D eigenvalue weighted by Gasteiger charge is 2.06. The van der Waals surface area contributed by atoms with Gasteiger partial charge in [0.2, 0.25) is 5.91 Å². The highest BCUT2D eigenvalue weighted by Crippen LogP contribution is 2.09. The summed E-state index contributed by atoms with van der Waals surface area (Å²) in [4.78, 5) is 22.2. The van der Waals surface area contributed by atoms with Gasteiger partial charge in [-0.15, -0.1) is 0 Å². The van der Waals surface area contributed by atoms with E-state index in [1.165, 1.54) is 0 Å². The predicted molar refractivity (Wildman–Crippen MR) is 77.4 cm³/mol. The lowest BCUT2D eigenvalue weighted by Gasteiger charge is -2.09. The minimum Gasteiger partial charge on any atom is -0.481 e. The van der Waals surface area contributed by atoms with Gasteiger partial charge in [0.05, 0.1) is 6.42 Å². The van der Waals surface area contributed by atoms with Crippen LogP contribution in [0.15, 0.2) is 24.3 Å². The largest absolute Gasteiger partial charge is 0.481 e. The SMILES string of the molecule is CCCNC(=O)CCNCc1ccccc1CC(=O)O. The molecule has 1 aromatic rings. The summed E-state index contributed by atoms with van der Waals surface area (Å²) >= 11 is 0. The zero-order chi connectivity index (χ0) is 14.8. The Balaban J connectivity index is 2.35. The molecule has 20 heavy (non-hydrogen) atoms. The van der Waals surface area contributed by atoms with Gasteiger partial charge in [0, 0.05) is 26.1 Å². The summed E-state index contributed by atoms with van der Waals surface area (Å²) in [5.41, 5.74) is 1.77. The van der Waals surface area contributed by atoms with Crippen molar-refractivity contribution in [2.24, 2.45) is 0 Å². The third kappa shape index (κ3) is 6.33. The van der Waals surface area contributed by atoms with Crippen LogP contribution in [0.5, 0.6) is 0 Å². The number of nitrogens with one attached hydrogen (secondary N) is 2. The van der Waals surface area contributed by atoms with Gasteiger partial charge in [-0.2, -0.15) is 0 Å². The minimum atomic E-state index is -0.837. The number of carbonyl (C=O) groups is 2. The van der Waals surface area contributed by atoms with Gasteiger partial charge in [0.15, 0.2) is 0 Å². The topological polar surface area (TPSA) is 78.4 Å². The van der Waals surface area contributed by atoms with E-state index >= 15 is 0 Å². The molecule has 5 heteroatoms. The fourth-order valence-corrected chi connectivity index (χ4v) is 1.84. The third-order valence-corrected chi connectivity index (χ3v) is 2.88. The van der Waals surface area contributed by atoms with E-state index in [9.17, 15) is 9.59 Å². The predicted octanol–water partition coefficient (Wildman–Crippen LogP) is 1.32. The normalized spacial score (nSPS) is 10.2. The number of carboxylic acids is 1. The second kappa shape index (κ2) is 9.09. The molecule has 0 saturated heterocycles. The first-order valence-electron chi connectivity index (χ1n) is 6.89. The van der Waals surface area contributed by atoms with E-state index in [-0.39, 0.29) is 12.3 Å². The van der Waals surface area contributed by atoms with Crippen LogP contribution in [-0.4, -0.2) is 30.1 Å². The summed E-state index contributed by atoms with van der Waals surface area (Å²) in [6.07, 6.45) is 1.39. The van der Waals surface area contributed by atoms with Crippen molar-refractivity contribution in [3.05, 3.63) is 35.4 Å². The Bertz CT molecular complexity index is 446. The van der Waals surface area contributed by atoms with Crippen molar-refractivity contribution in [1.29, 1.82) is 0 Å². The van der Waals surface area contributed by atoms with Crippen LogP contribution in [0, 0.1) is 0 Å². The van der Waals surface area contributed by atoms with E-state index < -0.39 is 5.97 Å². The average Bonchev–Trinajstić information content (AvgIpc) is 2.42. The molecule has 1 aromatic carbocycles. The number of hydrogen-bond acceptors (Lipinski definition) is 3. The molecule has 5 nitrogen and oxygen atoms in total. The Labute approximate surface area is 119 Å². The number of amides is 1. The molecular formula is C15H22N2O3. The number of rotatable bonds is 9. The Kier molecular flexibility index (Phi) is 7.35. The van der Waals surface area contributed by atoms with E-state index in [1.54, 1.807) is 0 Å². The van der Waals surface area contributed by atoms with Crippen molar-refractivity contribution < 1.29 is 14.7 Å². The van der Waals surface area contributed by atoms with Crippen LogP contribution in [-0.2, 0) is 22.6 Å². The molecule has 0 radical (unpaired) electrons. The van der Waals surface area contributed by atoms with E-state index in [1.807, 2.05) is 31.2 Å². The maximum atomic E-state index is 11.4. The van der Waals surface area contributed by atoms with E-state index in [0.29, 0.717) is 26.1 Å². The van der Waals surface area contributed by atoms with Crippen LogP contribution in [0.3, 0.4) is 0 Å². The summed E-state index contributed by atoms with van der Waals surface area (Å²) in [7, 11) is 0. The van der Waals surface area contributed by atoms with E-state index in [4.69, 9.17) is 5.11 Å². The first kappa shape index (κ1) is 16.2.